The first-order valence-electron chi connectivity index (χ1n) is 5.74. The number of hydrogen-bond acceptors (Lipinski definition) is 5. The number of nitrogens with two attached hydrogens (primary N) is 1. The predicted molar refractivity (Wildman–Crippen MR) is 75.9 cm³/mol. The molecule has 2 rings (SSSR count). The second-order valence-electron chi connectivity index (χ2n) is 4.16. The molecule has 6 nitrogen and oxygen atoms in total. The van der Waals surface area contributed by atoms with Crippen LogP contribution < -0.4 is 10.5 Å². The van der Waals surface area contributed by atoms with Crippen LogP contribution in [0.15, 0.2) is 47.5 Å². The van der Waals surface area contributed by atoms with Crippen LogP contribution in [0.25, 0.3) is 0 Å². The minimum Gasteiger partial charge on any atom is -0.399 e. The molecule has 1 aromatic heterocycles. The van der Waals surface area contributed by atoms with Gasteiger partial charge in [0.1, 0.15) is 5.82 Å². The zero-order valence-electron chi connectivity index (χ0n) is 10.7. The molecule has 0 bridgehead atoms. The Hall–Kier alpha value is -2.41. The van der Waals surface area contributed by atoms with E-state index in [-0.39, 0.29) is 16.5 Å². The molecular formula is C13H13N3O3S. The number of rotatable bonds is 4. The van der Waals surface area contributed by atoms with Crippen molar-refractivity contribution >= 4 is 27.3 Å². The maximum absolute atomic E-state index is 12.1. The van der Waals surface area contributed by atoms with Crippen molar-refractivity contribution in [3.05, 3.63) is 48.2 Å². The van der Waals surface area contributed by atoms with Crippen molar-refractivity contribution in [2.75, 3.05) is 10.5 Å². The van der Waals surface area contributed by atoms with Crippen LogP contribution in [0.2, 0.25) is 0 Å². The number of anilines is 2. The summed E-state index contributed by atoms with van der Waals surface area (Å²) in [5, 5.41) is 0. The summed E-state index contributed by atoms with van der Waals surface area (Å²) in [5.41, 5.74) is 6.40. The van der Waals surface area contributed by atoms with Crippen molar-refractivity contribution in [3.8, 4) is 0 Å². The molecule has 0 saturated heterocycles. The lowest BCUT2D eigenvalue weighted by Gasteiger charge is -2.07. The number of aromatic nitrogens is 1. The smallest absolute Gasteiger partial charge is 0.263 e. The number of ketones is 1. The average Bonchev–Trinajstić information content (AvgIpc) is 2.39. The van der Waals surface area contributed by atoms with Gasteiger partial charge in [0.15, 0.2) is 5.78 Å². The first kappa shape index (κ1) is 14.0. The summed E-state index contributed by atoms with van der Waals surface area (Å²) in [5.74, 6) is 0.0114. The number of sulfonamides is 1. The molecule has 20 heavy (non-hydrogen) atoms. The van der Waals surface area contributed by atoms with E-state index >= 15 is 0 Å². The van der Waals surface area contributed by atoms with Crippen molar-refractivity contribution < 1.29 is 13.2 Å². The van der Waals surface area contributed by atoms with Crippen LogP contribution in [-0.4, -0.2) is 19.2 Å². The number of benzene rings is 1. The Bertz CT molecular complexity index is 722. The van der Waals surface area contributed by atoms with E-state index in [1.165, 1.54) is 49.5 Å². The summed E-state index contributed by atoms with van der Waals surface area (Å²) in [6, 6.07) is 8.76. The van der Waals surface area contributed by atoms with Crippen molar-refractivity contribution in [3.63, 3.8) is 0 Å². The average molecular weight is 291 g/mol. The molecule has 0 aliphatic rings. The zero-order valence-corrected chi connectivity index (χ0v) is 11.5. The van der Waals surface area contributed by atoms with Crippen LogP contribution >= 0.6 is 0 Å². The molecule has 3 N–H and O–H groups in total. The van der Waals surface area contributed by atoms with Crippen LogP contribution in [0.1, 0.15) is 17.3 Å². The highest BCUT2D eigenvalue weighted by atomic mass is 32.2. The van der Waals surface area contributed by atoms with Crippen molar-refractivity contribution in [2.45, 2.75) is 11.8 Å². The van der Waals surface area contributed by atoms with E-state index in [0.717, 1.165) is 0 Å². The fourth-order valence-corrected chi connectivity index (χ4v) is 2.51. The molecule has 0 aliphatic heterocycles. The van der Waals surface area contributed by atoms with Gasteiger partial charge in [-0.25, -0.2) is 13.4 Å². The minimum absolute atomic E-state index is 0.0872. The third kappa shape index (κ3) is 3.12. The van der Waals surface area contributed by atoms with Gasteiger partial charge in [0, 0.05) is 17.4 Å². The van der Waals surface area contributed by atoms with E-state index < -0.39 is 10.0 Å². The summed E-state index contributed by atoms with van der Waals surface area (Å²) in [6.45, 7) is 1.41. The third-order valence-electron chi connectivity index (χ3n) is 2.60. The predicted octanol–water partition coefficient (Wildman–Crippen LogP) is 1.67. The van der Waals surface area contributed by atoms with E-state index in [2.05, 4.69) is 9.71 Å². The van der Waals surface area contributed by atoms with E-state index in [1.54, 1.807) is 0 Å². The quantitative estimate of drug-likeness (QED) is 0.659. The molecule has 0 radical (unpaired) electrons. The minimum atomic E-state index is -3.72. The summed E-state index contributed by atoms with van der Waals surface area (Å²) in [7, 11) is -3.72. The fraction of sp³-hybridized carbons (Fsp3) is 0.0769. The van der Waals surface area contributed by atoms with E-state index in [9.17, 15) is 13.2 Å². The van der Waals surface area contributed by atoms with Crippen LogP contribution in [0.3, 0.4) is 0 Å². The standard InChI is InChI=1S/C13H13N3O3S/c1-9(17)10-2-7-13(15-8-10)16-20(18,19)12-5-3-11(14)4-6-12/h2-8H,14H2,1H3,(H,15,16). The van der Waals surface area contributed by atoms with Gasteiger partial charge in [-0.3, -0.25) is 9.52 Å². The highest BCUT2D eigenvalue weighted by molar-refractivity contribution is 7.92. The Labute approximate surface area is 116 Å². The third-order valence-corrected chi connectivity index (χ3v) is 3.97. The van der Waals surface area contributed by atoms with Gasteiger partial charge in [0.2, 0.25) is 0 Å². The molecule has 1 heterocycles. The SMILES string of the molecule is CC(=O)c1ccc(NS(=O)(=O)c2ccc(N)cc2)nc1. The highest BCUT2D eigenvalue weighted by Gasteiger charge is 2.14. The summed E-state index contributed by atoms with van der Waals surface area (Å²) >= 11 is 0. The van der Waals surface area contributed by atoms with Gasteiger partial charge in [0.05, 0.1) is 4.90 Å². The van der Waals surface area contributed by atoms with Crippen LogP contribution in [0, 0.1) is 0 Å². The Morgan fingerprint density at radius 2 is 1.80 bits per heavy atom. The number of nitrogens with one attached hydrogen (secondary N) is 1. The lowest BCUT2D eigenvalue weighted by Crippen LogP contribution is -2.14. The number of nitrogen functional groups attached to an aromatic ring is 1. The maximum Gasteiger partial charge on any atom is 0.263 e. The van der Waals surface area contributed by atoms with Crippen LogP contribution in [-0.2, 0) is 10.0 Å². The first-order chi connectivity index (χ1) is 9.38. The fourth-order valence-electron chi connectivity index (χ4n) is 1.51. The Kier molecular flexibility index (Phi) is 3.71. The number of carbonyl (C=O) groups excluding carboxylic acids is 1. The van der Waals surface area contributed by atoms with Crippen molar-refractivity contribution in [1.82, 2.24) is 4.98 Å². The lowest BCUT2D eigenvalue weighted by molar-refractivity contribution is 0.101. The van der Waals surface area contributed by atoms with Gasteiger partial charge in [-0.15, -0.1) is 0 Å². The topological polar surface area (TPSA) is 102 Å². The molecule has 0 unspecified atom stereocenters. The Balaban J connectivity index is 2.24. The van der Waals surface area contributed by atoms with Gasteiger partial charge in [-0.1, -0.05) is 0 Å². The van der Waals surface area contributed by atoms with Gasteiger partial charge in [0.25, 0.3) is 10.0 Å². The number of pyridine rings is 1. The highest BCUT2D eigenvalue weighted by Crippen LogP contribution is 2.16. The molecule has 2 aromatic rings. The van der Waals surface area contributed by atoms with Gasteiger partial charge in [-0.05, 0) is 43.3 Å². The van der Waals surface area contributed by atoms with E-state index in [4.69, 9.17) is 5.73 Å². The summed E-state index contributed by atoms with van der Waals surface area (Å²) in [4.78, 5) is 15.1. The molecule has 0 fully saturated rings. The second kappa shape index (κ2) is 5.30. The lowest BCUT2D eigenvalue weighted by atomic mass is 10.2. The second-order valence-corrected chi connectivity index (χ2v) is 5.85. The molecule has 0 spiro atoms. The Morgan fingerprint density at radius 1 is 1.15 bits per heavy atom. The number of nitrogens with zero attached hydrogens (tertiary/aromatic N) is 1. The van der Waals surface area contributed by atoms with Crippen molar-refractivity contribution in [2.24, 2.45) is 0 Å². The number of hydrogen-bond donors (Lipinski definition) is 2. The molecule has 0 atom stereocenters. The van der Waals surface area contributed by atoms with Gasteiger partial charge < -0.3 is 5.73 Å². The zero-order chi connectivity index (χ0) is 14.8. The molecule has 104 valence electrons. The molecule has 1 aromatic carbocycles. The first-order valence-corrected chi connectivity index (χ1v) is 7.22. The maximum atomic E-state index is 12.1. The molecule has 7 heteroatoms. The summed E-state index contributed by atoms with van der Waals surface area (Å²) in [6.07, 6.45) is 1.32. The normalized spacial score (nSPS) is 11.1. The molecule has 0 aliphatic carbocycles. The van der Waals surface area contributed by atoms with E-state index in [0.29, 0.717) is 11.3 Å². The number of carbonyl (C=O) groups is 1. The van der Waals surface area contributed by atoms with Crippen molar-refractivity contribution in [1.29, 1.82) is 0 Å². The number of Topliss-reactive ketones (excluding diaryl/α,β-unsaturated/α-hetero) is 1. The molecule has 0 amide bonds. The van der Waals surface area contributed by atoms with Crippen LogP contribution in [0.4, 0.5) is 11.5 Å². The van der Waals surface area contributed by atoms with Gasteiger partial charge >= 0.3 is 0 Å². The molecule has 0 saturated carbocycles. The summed E-state index contributed by atoms with van der Waals surface area (Å²) < 4.78 is 26.5. The monoisotopic (exact) mass is 291 g/mol. The Morgan fingerprint density at radius 3 is 2.30 bits per heavy atom. The largest absolute Gasteiger partial charge is 0.399 e. The molecular weight excluding hydrogens is 278 g/mol. The van der Waals surface area contributed by atoms with Crippen LogP contribution in [0.5, 0.6) is 0 Å². The van der Waals surface area contributed by atoms with Gasteiger partial charge in [-0.2, -0.15) is 0 Å². The van der Waals surface area contributed by atoms with E-state index in [1.807, 2.05) is 0 Å².